The second-order valence-corrected chi connectivity index (χ2v) is 2.67. The third kappa shape index (κ3) is 1.62. The molecule has 4 nitrogen and oxygen atoms in total. The smallest absolute Gasteiger partial charge is 0.196 e. The first-order valence-electron chi connectivity index (χ1n) is 4.07. The highest BCUT2D eigenvalue weighted by Gasteiger charge is 2.05. The first kappa shape index (κ1) is 8.07. The molecule has 2 heterocycles. The van der Waals surface area contributed by atoms with E-state index in [1.807, 2.05) is 6.07 Å². The zero-order chi connectivity index (χ0) is 9.10. The summed E-state index contributed by atoms with van der Waals surface area (Å²) < 4.78 is 10.3. The molecule has 0 saturated heterocycles. The van der Waals surface area contributed by atoms with Crippen LogP contribution in [0.5, 0.6) is 0 Å². The molecule has 2 aromatic rings. The molecular weight excluding hydrogens is 168 g/mol. The van der Waals surface area contributed by atoms with Crippen LogP contribution in [0.2, 0.25) is 0 Å². The molecule has 13 heavy (non-hydrogen) atoms. The van der Waals surface area contributed by atoms with Gasteiger partial charge in [0.25, 0.3) is 0 Å². The van der Waals surface area contributed by atoms with Crippen LogP contribution in [-0.4, -0.2) is 11.5 Å². The molecule has 0 saturated carbocycles. The van der Waals surface area contributed by atoms with Crippen molar-refractivity contribution in [3.8, 4) is 11.3 Å². The first-order chi connectivity index (χ1) is 6.40. The summed E-state index contributed by atoms with van der Waals surface area (Å²) in [5, 5.41) is 0. The van der Waals surface area contributed by atoms with Crippen molar-refractivity contribution < 1.29 is 8.83 Å². The maximum absolute atomic E-state index is 5.42. The molecule has 68 valence electrons. The van der Waals surface area contributed by atoms with Crippen molar-refractivity contribution in [2.75, 3.05) is 6.54 Å². The lowest BCUT2D eigenvalue weighted by Crippen LogP contribution is -2.02. The van der Waals surface area contributed by atoms with Gasteiger partial charge in [0.05, 0.1) is 18.0 Å². The van der Waals surface area contributed by atoms with Gasteiger partial charge in [-0.3, -0.25) is 0 Å². The van der Waals surface area contributed by atoms with Gasteiger partial charge in [0, 0.05) is 13.0 Å². The molecule has 0 spiro atoms. The number of furan rings is 1. The largest absolute Gasteiger partial charge is 0.472 e. The summed E-state index contributed by atoms with van der Waals surface area (Å²) in [6, 6.07) is 1.83. The van der Waals surface area contributed by atoms with Gasteiger partial charge < -0.3 is 14.6 Å². The molecule has 0 unspecified atom stereocenters. The van der Waals surface area contributed by atoms with Crippen LogP contribution in [0.3, 0.4) is 0 Å². The summed E-state index contributed by atoms with van der Waals surface area (Å²) in [6.45, 7) is 0.547. The van der Waals surface area contributed by atoms with Crippen LogP contribution in [0.4, 0.5) is 0 Å². The van der Waals surface area contributed by atoms with Crippen LogP contribution in [0.1, 0.15) is 5.89 Å². The molecule has 2 aromatic heterocycles. The molecule has 0 amide bonds. The van der Waals surface area contributed by atoms with Crippen LogP contribution in [0.25, 0.3) is 11.3 Å². The summed E-state index contributed by atoms with van der Waals surface area (Å²) in [5.41, 5.74) is 6.27. The molecule has 0 bridgehead atoms. The lowest BCUT2D eigenvalue weighted by molar-refractivity contribution is 0.506. The van der Waals surface area contributed by atoms with Gasteiger partial charge in [-0.05, 0) is 6.07 Å². The quantitative estimate of drug-likeness (QED) is 0.772. The van der Waals surface area contributed by atoms with Crippen molar-refractivity contribution in [3.63, 3.8) is 0 Å². The van der Waals surface area contributed by atoms with Crippen molar-refractivity contribution in [3.05, 3.63) is 30.7 Å². The average Bonchev–Trinajstić information content (AvgIpc) is 2.70. The molecular formula is C9H10N2O2. The van der Waals surface area contributed by atoms with Gasteiger partial charge in [-0.25, -0.2) is 4.98 Å². The van der Waals surface area contributed by atoms with Crippen LogP contribution in [0.15, 0.2) is 33.6 Å². The predicted octanol–water partition coefficient (Wildman–Crippen LogP) is 1.44. The number of nitrogens with two attached hydrogens (primary N) is 1. The fourth-order valence-electron chi connectivity index (χ4n) is 1.09. The molecule has 0 aromatic carbocycles. The van der Waals surface area contributed by atoms with Crippen molar-refractivity contribution in [2.24, 2.45) is 5.73 Å². The van der Waals surface area contributed by atoms with Gasteiger partial charge in [0.2, 0.25) is 0 Å². The maximum atomic E-state index is 5.42. The van der Waals surface area contributed by atoms with Gasteiger partial charge >= 0.3 is 0 Å². The Hall–Kier alpha value is -1.55. The first-order valence-corrected chi connectivity index (χ1v) is 4.07. The van der Waals surface area contributed by atoms with Gasteiger partial charge in [-0.2, -0.15) is 0 Å². The summed E-state index contributed by atoms with van der Waals surface area (Å²) in [7, 11) is 0. The van der Waals surface area contributed by atoms with E-state index < -0.39 is 0 Å². The second-order valence-electron chi connectivity index (χ2n) is 2.67. The predicted molar refractivity (Wildman–Crippen MR) is 47.0 cm³/mol. The van der Waals surface area contributed by atoms with Crippen molar-refractivity contribution >= 4 is 0 Å². The molecule has 0 aliphatic carbocycles. The summed E-state index contributed by atoms with van der Waals surface area (Å²) in [4.78, 5) is 4.07. The van der Waals surface area contributed by atoms with E-state index in [1.165, 1.54) is 0 Å². The van der Waals surface area contributed by atoms with Gasteiger partial charge in [0.15, 0.2) is 11.7 Å². The van der Waals surface area contributed by atoms with E-state index in [-0.39, 0.29) is 0 Å². The lowest BCUT2D eigenvalue weighted by atomic mass is 10.3. The fourth-order valence-corrected chi connectivity index (χ4v) is 1.09. The molecule has 0 radical (unpaired) electrons. The van der Waals surface area contributed by atoms with E-state index in [9.17, 15) is 0 Å². The highest BCUT2D eigenvalue weighted by atomic mass is 16.4. The molecule has 0 aliphatic heterocycles. The van der Waals surface area contributed by atoms with E-state index in [4.69, 9.17) is 14.6 Å². The summed E-state index contributed by atoms with van der Waals surface area (Å²) in [6.07, 6.45) is 5.56. The average molecular weight is 178 g/mol. The van der Waals surface area contributed by atoms with E-state index in [0.717, 1.165) is 11.3 Å². The van der Waals surface area contributed by atoms with Crippen LogP contribution >= 0.6 is 0 Å². The Morgan fingerprint density at radius 2 is 2.38 bits per heavy atom. The lowest BCUT2D eigenvalue weighted by Gasteiger charge is -1.89. The van der Waals surface area contributed by atoms with Gasteiger partial charge in [-0.15, -0.1) is 0 Å². The standard InChI is InChI=1S/C9H10N2O2/c10-3-1-9-11-5-8(13-9)7-2-4-12-6-7/h2,4-6H,1,3,10H2. The van der Waals surface area contributed by atoms with Crippen molar-refractivity contribution in [1.82, 2.24) is 4.98 Å². The molecule has 0 aliphatic rings. The SMILES string of the molecule is NCCc1ncc(-c2ccoc2)o1. The highest BCUT2D eigenvalue weighted by Crippen LogP contribution is 2.20. The fraction of sp³-hybridized carbons (Fsp3) is 0.222. The highest BCUT2D eigenvalue weighted by molar-refractivity contribution is 5.53. The Labute approximate surface area is 75.4 Å². The molecule has 4 heteroatoms. The minimum Gasteiger partial charge on any atom is -0.472 e. The number of oxazole rings is 1. The Balaban J connectivity index is 2.23. The summed E-state index contributed by atoms with van der Waals surface area (Å²) >= 11 is 0. The normalized spacial score (nSPS) is 10.5. The van der Waals surface area contributed by atoms with Crippen molar-refractivity contribution in [1.29, 1.82) is 0 Å². The van der Waals surface area contributed by atoms with Crippen LogP contribution in [0, 0.1) is 0 Å². The summed E-state index contributed by atoms with van der Waals surface area (Å²) in [5.74, 6) is 1.39. The Kier molecular flexibility index (Phi) is 2.14. The Morgan fingerprint density at radius 1 is 1.46 bits per heavy atom. The van der Waals surface area contributed by atoms with Crippen molar-refractivity contribution in [2.45, 2.75) is 6.42 Å². The van der Waals surface area contributed by atoms with E-state index >= 15 is 0 Å². The van der Waals surface area contributed by atoms with Crippen LogP contribution < -0.4 is 5.73 Å². The number of nitrogens with zero attached hydrogens (tertiary/aromatic N) is 1. The topological polar surface area (TPSA) is 65.2 Å². The Bertz CT molecular complexity index is 365. The number of hydrogen-bond acceptors (Lipinski definition) is 4. The second kappa shape index (κ2) is 3.45. The number of rotatable bonds is 3. The van der Waals surface area contributed by atoms with E-state index in [2.05, 4.69) is 4.98 Å². The van der Waals surface area contributed by atoms with Gasteiger partial charge in [0.1, 0.15) is 6.26 Å². The number of hydrogen-bond donors (Lipinski definition) is 1. The molecule has 2 rings (SSSR count). The van der Waals surface area contributed by atoms with Crippen LogP contribution in [-0.2, 0) is 6.42 Å². The molecule has 0 atom stereocenters. The minimum absolute atomic E-state index is 0.547. The van der Waals surface area contributed by atoms with E-state index in [0.29, 0.717) is 18.9 Å². The number of aromatic nitrogens is 1. The monoisotopic (exact) mass is 178 g/mol. The molecule has 2 N–H and O–H groups in total. The minimum atomic E-state index is 0.547. The zero-order valence-corrected chi connectivity index (χ0v) is 7.06. The third-order valence-electron chi connectivity index (χ3n) is 1.72. The molecule has 0 fully saturated rings. The maximum Gasteiger partial charge on any atom is 0.196 e. The zero-order valence-electron chi connectivity index (χ0n) is 7.06. The third-order valence-corrected chi connectivity index (χ3v) is 1.72. The van der Waals surface area contributed by atoms with Gasteiger partial charge in [-0.1, -0.05) is 0 Å². The Morgan fingerprint density at radius 3 is 3.08 bits per heavy atom. The van der Waals surface area contributed by atoms with E-state index in [1.54, 1.807) is 18.7 Å².